The zero-order valence-corrected chi connectivity index (χ0v) is 15.3. The summed E-state index contributed by atoms with van der Waals surface area (Å²) >= 11 is 0. The lowest BCUT2D eigenvalue weighted by Crippen LogP contribution is -2.44. The van der Waals surface area contributed by atoms with Crippen LogP contribution in [0.1, 0.15) is 71.1 Å². The first-order chi connectivity index (χ1) is 11.5. The lowest BCUT2D eigenvalue weighted by atomic mass is 9.81. The maximum absolute atomic E-state index is 12.7. The Balaban J connectivity index is 1.72. The summed E-state index contributed by atoms with van der Waals surface area (Å²) in [5, 5.41) is 0. The molecule has 138 valence electrons. The number of amides is 1. The van der Waals surface area contributed by atoms with E-state index in [2.05, 4.69) is 0 Å². The van der Waals surface area contributed by atoms with Crippen molar-refractivity contribution < 1.29 is 14.3 Å². The van der Waals surface area contributed by atoms with E-state index in [9.17, 15) is 9.59 Å². The van der Waals surface area contributed by atoms with E-state index in [4.69, 9.17) is 10.5 Å². The molecule has 2 saturated carbocycles. The molecule has 2 N–H and O–H groups in total. The fourth-order valence-electron chi connectivity index (χ4n) is 4.30. The van der Waals surface area contributed by atoms with Crippen molar-refractivity contribution in [1.29, 1.82) is 0 Å². The van der Waals surface area contributed by atoms with Gasteiger partial charge >= 0.3 is 5.97 Å². The first kappa shape index (κ1) is 19.2. The molecule has 1 amide bonds. The Labute approximate surface area is 146 Å². The third-order valence-corrected chi connectivity index (χ3v) is 5.84. The van der Waals surface area contributed by atoms with Crippen molar-refractivity contribution >= 4 is 11.9 Å². The van der Waals surface area contributed by atoms with Crippen LogP contribution in [0.4, 0.5) is 0 Å². The van der Waals surface area contributed by atoms with E-state index in [1.54, 1.807) is 0 Å². The van der Waals surface area contributed by atoms with Gasteiger partial charge in [-0.25, -0.2) is 0 Å². The van der Waals surface area contributed by atoms with Crippen molar-refractivity contribution in [2.45, 2.75) is 83.2 Å². The van der Waals surface area contributed by atoms with Gasteiger partial charge in [0.1, 0.15) is 0 Å². The molecule has 2 aliphatic rings. The molecule has 0 bridgehead atoms. The Hall–Kier alpha value is -1.10. The van der Waals surface area contributed by atoms with Gasteiger partial charge in [0.2, 0.25) is 5.91 Å². The number of carbonyl (C=O) groups is 2. The summed E-state index contributed by atoms with van der Waals surface area (Å²) in [5.74, 6) is 0.929. The van der Waals surface area contributed by atoms with Crippen molar-refractivity contribution in [3.63, 3.8) is 0 Å². The molecule has 5 heteroatoms. The standard InChI is InChI=1S/C19H34N2O3/c1-3-24-18(22)12-9-14-7-10-17(11-8-14)21(2)19(23)15-5-4-6-16(20)13-15/h14-17H,3-13,20H2,1-2H3. The van der Waals surface area contributed by atoms with Crippen LogP contribution in [-0.4, -0.2) is 42.5 Å². The van der Waals surface area contributed by atoms with Crippen LogP contribution in [0.15, 0.2) is 0 Å². The zero-order chi connectivity index (χ0) is 17.5. The number of hydrogen-bond acceptors (Lipinski definition) is 4. The zero-order valence-electron chi connectivity index (χ0n) is 15.3. The highest BCUT2D eigenvalue weighted by Gasteiger charge is 2.32. The van der Waals surface area contributed by atoms with E-state index in [1.165, 1.54) is 0 Å². The molecule has 0 heterocycles. The van der Waals surface area contributed by atoms with Crippen LogP contribution in [0, 0.1) is 11.8 Å². The number of nitrogens with zero attached hydrogens (tertiary/aromatic N) is 1. The van der Waals surface area contributed by atoms with Crippen LogP contribution in [0.3, 0.4) is 0 Å². The largest absolute Gasteiger partial charge is 0.466 e. The first-order valence-corrected chi connectivity index (χ1v) is 9.69. The van der Waals surface area contributed by atoms with Crippen LogP contribution in [0.5, 0.6) is 0 Å². The number of carbonyl (C=O) groups excluding carboxylic acids is 2. The second kappa shape index (κ2) is 9.40. The van der Waals surface area contributed by atoms with Gasteiger partial charge < -0.3 is 15.4 Å². The summed E-state index contributed by atoms with van der Waals surface area (Å²) < 4.78 is 5.00. The molecule has 2 fully saturated rings. The van der Waals surface area contributed by atoms with Crippen molar-refractivity contribution in [2.24, 2.45) is 17.6 Å². The topological polar surface area (TPSA) is 72.6 Å². The molecular formula is C19H34N2O3. The highest BCUT2D eigenvalue weighted by molar-refractivity contribution is 5.79. The Kier molecular flexibility index (Phi) is 7.53. The summed E-state index contributed by atoms with van der Waals surface area (Å²) in [6.45, 7) is 2.30. The van der Waals surface area contributed by atoms with E-state index in [0.29, 0.717) is 30.9 Å². The van der Waals surface area contributed by atoms with Crippen LogP contribution in [-0.2, 0) is 14.3 Å². The van der Waals surface area contributed by atoms with Crippen molar-refractivity contribution in [3.05, 3.63) is 0 Å². The molecule has 0 aromatic heterocycles. The number of ether oxygens (including phenoxy) is 1. The molecule has 2 unspecified atom stereocenters. The van der Waals surface area contributed by atoms with Gasteiger partial charge in [0.15, 0.2) is 0 Å². The second-order valence-corrected chi connectivity index (χ2v) is 7.59. The maximum Gasteiger partial charge on any atom is 0.305 e. The van der Waals surface area contributed by atoms with E-state index >= 15 is 0 Å². The lowest BCUT2D eigenvalue weighted by molar-refractivity contribution is -0.143. The van der Waals surface area contributed by atoms with E-state index < -0.39 is 0 Å². The smallest absolute Gasteiger partial charge is 0.305 e. The summed E-state index contributed by atoms with van der Waals surface area (Å²) in [6.07, 6.45) is 9.72. The highest BCUT2D eigenvalue weighted by atomic mass is 16.5. The van der Waals surface area contributed by atoms with Crippen LogP contribution < -0.4 is 5.73 Å². The van der Waals surface area contributed by atoms with Crippen LogP contribution in [0.2, 0.25) is 0 Å². The van der Waals surface area contributed by atoms with E-state index in [1.807, 2.05) is 18.9 Å². The summed E-state index contributed by atoms with van der Waals surface area (Å²) in [4.78, 5) is 26.2. The van der Waals surface area contributed by atoms with Gasteiger partial charge in [-0.3, -0.25) is 9.59 Å². The second-order valence-electron chi connectivity index (χ2n) is 7.59. The fraction of sp³-hybridized carbons (Fsp3) is 0.895. The Morgan fingerprint density at radius 3 is 2.46 bits per heavy atom. The van der Waals surface area contributed by atoms with Gasteiger partial charge in [0, 0.05) is 31.5 Å². The van der Waals surface area contributed by atoms with Gasteiger partial charge in [0.25, 0.3) is 0 Å². The minimum atomic E-state index is -0.0828. The molecule has 5 nitrogen and oxygen atoms in total. The number of hydrogen-bond donors (Lipinski definition) is 1. The molecule has 24 heavy (non-hydrogen) atoms. The molecule has 0 aromatic carbocycles. The fourth-order valence-corrected chi connectivity index (χ4v) is 4.30. The molecule has 0 spiro atoms. The van der Waals surface area contributed by atoms with Gasteiger partial charge in [-0.1, -0.05) is 6.42 Å². The normalized spacial score (nSPS) is 30.6. The minimum absolute atomic E-state index is 0.0828. The maximum atomic E-state index is 12.7. The third-order valence-electron chi connectivity index (χ3n) is 5.84. The molecule has 2 atom stereocenters. The molecule has 0 saturated heterocycles. The summed E-state index contributed by atoms with van der Waals surface area (Å²) in [5.41, 5.74) is 6.03. The van der Waals surface area contributed by atoms with Gasteiger partial charge in [-0.2, -0.15) is 0 Å². The van der Waals surface area contributed by atoms with Crippen molar-refractivity contribution in [2.75, 3.05) is 13.7 Å². The van der Waals surface area contributed by atoms with E-state index in [-0.39, 0.29) is 17.9 Å². The number of nitrogens with two attached hydrogens (primary N) is 1. The lowest BCUT2D eigenvalue weighted by Gasteiger charge is -2.37. The summed E-state index contributed by atoms with van der Waals surface area (Å²) in [6, 6.07) is 0.550. The quantitative estimate of drug-likeness (QED) is 0.756. The van der Waals surface area contributed by atoms with Crippen LogP contribution in [0.25, 0.3) is 0 Å². The third kappa shape index (κ3) is 5.47. The molecule has 2 aliphatic carbocycles. The molecule has 0 aliphatic heterocycles. The first-order valence-electron chi connectivity index (χ1n) is 9.69. The molecular weight excluding hydrogens is 304 g/mol. The number of esters is 1. The van der Waals surface area contributed by atoms with Gasteiger partial charge in [0.05, 0.1) is 6.61 Å². The monoisotopic (exact) mass is 338 g/mol. The average Bonchev–Trinajstić information content (AvgIpc) is 2.59. The van der Waals surface area contributed by atoms with Crippen molar-refractivity contribution in [1.82, 2.24) is 4.90 Å². The minimum Gasteiger partial charge on any atom is -0.466 e. The average molecular weight is 338 g/mol. The summed E-state index contributed by atoms with van der Waals surface area (Å²) in [7, 11) is 1.96. The molecule has 2 rings (SSSR count). The van der Waals surface area contributed by atoms with Crippen LogP contribution >= 0.6 is 0 Å². The predicted octanol–water partition coefficient (Wildman–Crippen LogP) is 2.86. The Morgan fingerprint density at radius 2 is 1.83 bits per heavy atom. The highest BCUT2D eigenvalue weighted by Crippen LogP contribution is 2.32. The van der Waals surface area contributed by atoms with Gasteiger partial charge in [-0.15, -0.1) is 0 Å². The predicted molar refractivity (Wildman–Crippen MR) is 94.3 cm³/mol. The Morgan fingerprint density at radius 1 is 1.12 bits per heavy atom. The number of rotatable bonds is 6. The molecule has 0 radical (unpaired) electrons. The van der Waals surface area contributed by atoms with Crippen molar-refractivity contribution in [3.8, 4) is 0 Å². The molecule has 0 aromatic rings. The van der Waals surface area contributed by atoms with E-state index in [0.717, 1.165) is 57.8 Å². The van der Waals surface area contributed by atoms with Gasteiger partial charge in [-0.05, 0) is 64.2 Å². The SMILES string of the molecule is CCOC(=O)CCC1CCC(N(C)C(=O)C2CCCC(N)C2)CC1. The Bertz CT molecular complexity index is 419.